The summed E-state index contributed by atoms with van der Waals surface area (Å²) in [5.41, 5.74) is 1.75. The average Bonchev–Trinajstić information content (AvgIpc) is 3.21. The molecule has 0 saturated carbocycles. The highest BCUT2D eigenvalue weighted by Gasteiger charge is 2.36. The molecule has 3 aromatic rings. The number of thiophene rings is 1. The Balaban J connectivity index is 1.59. The molecule has 25 heavy (non-hydrogen) atoms. The average molecular weight is 383 g/mol. The molecule has 1 amide bonds. The van der Waals surface area contributed by atoms with Gasteiger partial charge in [0.2, 0.25) is 10.1 Å². The smallest absolute Gasteiger partial charge is 0.445 e. The largest absolute Gasteiger partial charge is 0.488 e. The molecule has 0 aliphatic carbocycles. The van der Waals surface area contributed by atoms with Gasteiger partial charge >= 0.3 is 6.18 Å². The number of carbonyl (C=O) groups is 1. The van der Waals surface area contributed by atoms with E-state index in [1.807, 2.05) is 24.3 Å². The van der Waals surface area contributed by atoms with Crippen LogP contribution in [-0.4, -0.2) is 16.1 Å². The molecule has 5 nitrogen and oxygen atoms in total. The van der Waals surface area contributed by atoms with Crippen LogP contribution < -0.4 is 10.1 Å². The SMILES string of the molecule is O=C(Nc1nnc(C(F)(F)F)s1)c1cc2c(s1)-c1ccccc1OC2. The number of carbonyl (C=O) groups excluding carboxylic acids is 1. The highest BCUT2D eigenvalue weighted by atomic mass is 32.1. The maximum absolute atomic E-state index is 12.5. The zero-order chi connectivity index (χ0) is 17.6. The van der Waals surface area contributed by atoms with Gasteiger partial charge in [-0.25, -0.2) is 0 Å². The van der Waals surface area contributed by atoms with Gasteiger partial charge < -0.3 is 4.74 Å². The van der Waals surface area contributed by atoms with Crippen LogP contribution in [0.5, 0.6) is 5.75 Å². The molecule has 0 unspecified atom stereocenters. The topological polar surface area (TPSA) is 64.1 Å². The number of amides is 1. The van der Waals surface area contributed by atoms with Crippen molar-refractivity contribution in [2.45, 2.75) is 12.8 Å². The first-order valence-corrected chi connectivity index (χ1v) is 8.62. The lowest BCUT2D eigenvalue weighted by molar-refractivity contribution is -0.138. The van der Waals surface area contributed by atoms with E-state index in [-0.39, 0.29) is 16.5 Å². The van der Waals surface area contributed by atoms with E-state index in [0.717, 1.165) is 21.8 Å². The van der Waals surface area contributed by atoms with E-state index >= 15 is 0 Å². The molecule has 0 radical (unpaired) electrons. The Labute approximate surface area is 147 Å². The zero-order valence-corrected chi connectivity index (χ0v) is 13.9. The van der Waals surface area contributed by atoms with Crippen LogP contribution in [0.4, 0.5) is 18.3 Å². The fraction of sp³-hybridized carbons (Fsp3) is 0.133. The van der Waals surface area contributed by atoms with Crippen LogP contribution in [0.2, 0.25) is 0 Å². The summed E-state index contributed by atoms with van der Waals surface area (Å²) in [6, 6.07) is 9.15. The second kappa shape index (κ2) is 5.81. The van der Waals surface area contributed by atoms with Gasteiger partial charge in [0.05, 0.1) is 4.88 Å². The minimum atomic E-state index is -4.58. The van der Waals surface area contributed by atoms with Crippen LogP contribution in [0.1, 0.15) is 20.2 Å². The molecule has 0 spiro atoms. The Hall–Kier alpha value is -2.46. The van der Waals surface area contributed by atoms with Gasteiger partial charge in [0.15, 0.2) is 0 Å². The van der Waals surface area contributed by atoms with Gasteiger partial charge in [0.25, 0.3) is 5.91 Å². The van der Waals surface area contributed by atoms with Crippen molar-refractivity contribution in [2.24, 2.45) is 0 Å². The lowest BCUT2D eigenvalue weighted by atomic mass is 10.1. The first kappa shape index (κ1) is 16.0. The molecule has 3 heterocycles. The van der Waals surface area contributed by atoms with Crippen molar-refractivity contribution in [3.63, 3.8) is 0 Å². The molecule has 2 aromatic heterocycles. The lowest BCUT2D eigenvalue weighted by Gasteiger charge is -2.16. The van der Waals surface area contributed by atoms with E-state index in [1.54, 1.807) is 6.07 Å². The molecule has 10 heteroatoms. The number of anilines is 1. The predicted molar refractivity (Wildman–Crippen MR) is 87.0 cm³/mol. The highest BCUT2D eigenvalue weighted by Crippen LogP contribution is 2.42. The molecular formula is C15H8F3N3O2S2. The number of hydrogen-bond donors (Lipinski definition) is 1. The maximum Gasteiger partial charge on any atom is 0.445 e. The summed E-state index contributed by atoms with van der Waals surface area (Å²) in [5.74, 6) is 0.213. The second-order valence-corrected chi connectivity index (χ2v) is 7.14. The van der Waals surface area contributed by atoms with Crippen LogP contribution in [0.25, 0.3) is 10.4 Å². The molecule has 0 bridgehead atoms. The fourth-order valence-electron chi connectivity index (χ4n) is 2.36. The van der Waals surface area contributed by atoms with Crippen molar-refractivity contribution in [1.29, 1.82) is 0 Å². The molecular weight excluding hydrogens is 375 g/mol. The number of benzene rings is 1. The Morgan fingerprint density at radius 2 is 2.00 bits per heavy atom. The minimum absolute atomic E-state index is 0.194. The molecule has 0 saturated heterocycles. The molecule has 1 aromatic carbocycles. The monoisotopic (exact) mass is 383 g/mol. The van der Waals surface area contributed by atoms with E-state index in [9.17, 15) is 18.0 Å². The van der Waals surface area contributed by atoms with E-state index in [0.29, 0.717) is 11.5 Å². The maximum atomic E-state index is 12.5. The number of alkyl halides is 3. The summed E-state index contributed by atoms with van der Waals surface area (Å²) >= 11 is 1.55. The van der Waals surface area contributed by atoms with Gasteiger partial charge in [0, 0.05) is 16.0 Å². The third-order valence-electron chi connectivity index (χ3n) is 3.44. The first-order chi connectivity index (χ1) is 11.9. The first-order valence-electron chi connectivity index (χ1n) is 6.99. The summed E-state index contributed by atoms with van der Waals surface area (Å²) < 4.78 is 43.3. The number of rotatable bonds is 2. The van der Waals surface area contributed by atoms with Crippen molar-refractivity contribution in [3.8, 4) is 16.2 Å². The summed E-state index contributed by atoms with van der Waals surface area (Å²) in [6.07, 6.45) is -4.58. The van der Waals surface area contributed by atoms with Gasteiger partial charge in [-0.15, -0.1) is 21.5 Å². The number of para-hydroxylation sites is 1. The van der Waals surface area contributed by atoms with E-state index in [1.165, 1.54) is 11.3 Å². The molecule has 1 aliphatic heterocycles. The van der Waals surface area contributed by atoms with Gasteiger partial charge in [-0.2, -0.15) is 13.2 Å². The number of fused-ring (bicyclic) bond motifs is 3. The summed E-state index contributed by atoms with van der Waals surface area (Å²) in [4.78, 5) is 13.6. The van der Waals surface area contributed by atoms with Crippen LogP contribution in [-0.2, 0) is 12.8 Å². The number of ether oxygens (including phenoxy) is 1. The van der Waals surface area contributed by atoms with Crippen molar-refractivity contribution in [1.82, 2.24) is 10.2 Å². The van der Waals surface area contributed by atoms with Crippen molar-refractivity contribution >= 4 is 33.7 Å². The number of nitrogens with zero attached hydrogens (tertiary/aromatic N) is 2. The zero-order valence-electron chi connectivity index (χ0n) is 12.3. The highest BCUT2D eigenvalue weighted by molar-refractivity contribution is 7.18. The number of halogens is 3. The van der Waals surface area contributed by atoms with Gasteiger partial charge in [-0.1, -0.05) is 23.5 Å². The normalized spacial score (nSPS) is 12.9. The molecule has 1 N–H and O–H groups in total. The van der Waals surface area contributed by atoms with Gasteiger partial charge in [-0.3, -0.25) is 10.1 Å². The number of hydrogen-bond acceptors (Lipinski definition) is 6. The third-order valence-corrected chi connectivity index (χ3v) is 5.53. The lowest BCUT2D eigenvalue weighted by Crippen LogP contribution is -2.09. The predicted octanol–water partition coefficient (Wildman–Crippen LogP) is 4.43. The molecule has 0 fully saturated rings. The van der Waals surface area contributed by atoms with Gasteiger partial charge in [-0.05, 0) is 18.2 Å². The van der Waals surface area contributed by atoms with E-state index in [4.69, 9.17) is 4.74 Å². The van der Waals surface area contributed by atoms with Crippen molar-refractivity contribution < 1.29 is 22.7 Å². The Bertz CT molecular complexity index is 965. The second-order valence-electron chi connectivity index (χ2n) is 5.11. The summed E-state index contributed by atoms with van der Waals surface area (Å²) in [7, 11) is 0. The molecule has 128 valence electrons. The summed E-state index contributed by atoms with van der Waals surface area (Å²) in [5, 5.41) is 7.47. The third kappa shape index (κ3) is 2.98. The van der Waals surface area contributed by atoms with E-state index in [2.05, 4.69) is 15.5 Å². The van der Waals surface area contributed by atoms with Crippen molar-refractivity contribution in [2.75, 3.05) is 5.32 Å². The van der Waals surface area contributed by atoms with Crippen molar-refractivity contribution in [3.05, 3.63) is 45.8 Å². The van der Waals surface area contributed by atoms with Gasteiger partial charge in [0.1, 0.15) is 12.4 Å². The minimum Gasteiger partial charge on any atom is -0.488 e. The van der Waals surface area contributed by atoms with Crippen LogP contribution in [0, 0.1) is 0 Å². The van der Waals surface area contributed by atoms with Crippen LogP contribution in [0.15, 0.2) is 30.3 Å². The number of aromatic nitrogens is 2. The number of nitrogens with one attached hydrogen (secondary N) is 1. The Kier molecular flexibility index (Phi) is 3.73. The Morgan fingerprint density at radius 1 is 1.20 bits per heavy atom. The van der Waals surface area contributed by atoms with Crippen LogP contribution in [0.3, 0.4) is 0 Å². The molecule has 4 rings (SSSR count). The fourth-order valence-corrected chi connectivity index (χ4v) is 4.06. The molecule has 1 aliphatic rings. The Morgan fingerprint density at radius 3 is 2.76 bits per heavy atom. The standard InChI is InChI=1S/C15H8F3N3O2S2/c16-15(17,18)13-20-21-14(25-13)19-12(22)10-5-7-6-23-9-4-2-1-3-8(9)11(7)24-10/h1-5H,6H2,(H,19,21,22). The van der Waals surface area contributed by atoms with E-state index < -0.39 is 17.1 Å². The quantitative estimate of drug-likeness (QED) is 0.711. The molecule has 0 atom stereocenters. The summed E-state index contributed by atoms with van der Waals surface area (Å²) in [6.45, 7) is 0.340. The van der Waals surface area contributed by atoms with Crippen LogP contribution >= 0.6 is 22.7 Å².